The first-order chi connectivity index (χ1) is 8.17. The topological polar surface area (TPSA) is 58.1 Å². The Kier molecular flexibility index (Phi) is 5.39. The largest absolute Gasteiger partial charge is 0.369 e. The van der Waals surface area contributed by atoms with Crippen LogP contribution in [-0.4, -0.2) is 40.4 Å². The summed E-state index contributed by atoms with van der Waals surface area (Å²) >= 11 is 0. The van der Waals surface area contributed by atoms with Crippen molar-refractivity contribution in [2.24, 2.45) is 0 Å². The van der Waals surface area contributed by atoms with Gasteiger partial charge in [0.1, 0.15) is 11.6 Å². The Morgan fingerprint density at radius 3 is 2.71 bits per heavy atom. The molecule has 17 heavy (non-hydrogen) atoms. The van der Waals surface area contributed by atoms with Crippen LogP contribution in [0.15, 0.2) is 12.3 Å². The van der Waals surface area contributed by atoms with E-state index in [1.165, 1.54) is 0 Å². The van der Waals surface area contributed by atoms with E-state index in [-0.39, 0.29) is 5.91 Å². The Morgan fingerprint density at radius 2 is 2.12 bits per heavy atom. The molecular weight excluding hydrogens is 216 g/mol. The molecule has 5 nitrogen and oxygen atoms in total. The Balaban J connectivity index is 2.35. The summed E-state index contributed by atoms with van der Waals surface area (Å²) in [6.07, 6.45) is 2.20. The quantitative estimate of drug-likeness (QED) is 0.812. The van der Waals surface area contributed by atoms with E-state index in [2.05, 4.69) is 15.3 Å². The summed E-state index contributed by atoms with van der Waals surface area (Å²) in [5.74, 6) is 1.67. The number of carbonyl (C=O) groups excluding carboxylic acids is 1. The van der Waals surface area contributed by atoms with E-state index in [9.17, 15) is 4.79 Å². The second-order valence-corrected chi connectivity index (χ2v) is 3.73. The molecule has 0 radical (unpaired) electrons. The maximum absolute atomic E-state index is 11.7. The van der Waals surface area contributed by atoms with Crippen molar-refractivity contribution in [1.82, 2.24) is 14.9 Å². The van der Waals surface area contributed by atoms with Crippen LogP contribution in [0.4, 0.5) is 5.82 Å². The van der Waals surface area contributed by atoms with Gasteiger partial charge in [0.25, 0.3) is 0 Å². The second kappa shape index (κ2) is 6.83. The Hall–Kier alpha value is -1.65. The molecular formula is C12H20N4O. The molecule has 0 saturated carbocycles. The summed E-state index contributed by atoms with van der Waals surface area (Å²) in [4.78, 5) is 21.8. The van der Waals surface area contributed by atoms with Crippen molar-refractivity contribution >= 4 is 11.7 Å². The van der Waals surface area contributed by atoms with E-state index >= 15 is 0 Å². The minimum Gasteiger partial charge on any atom is -0.369 e. The van der Waals surface area contributed by atoms with E-state index in [0.717, 1.165) is 24.7 Å². The summed E-state index contributed by atoms with van der Waals surface area (Å²) in [5.41, 5.74) is 0. The van der Waals surface area contributed by atoms with Crippen molar-refractivity contribution in [3.05, 3.63) is 18.1 Å². The van der Waals surface area contributed by atoms with Crippen LogP contribution in [0.2, 0.25) is 0 Å². The predicted octanol–water partition coefficient (Wildman–Crippen LogP) is 1.46. The van der Waals surface area contributed by atoms with E-state index in [0.29, 0.717) is 13.0 Å². The Labute approximate surface area is 102 Å². The van der Waals surface area contributed by atoms with Crippen LogP contribution >= 0.6 is 0 Å². The smallest absolute Gasteiger partial charge is 0.224 e. The average molecular weight is 236 g/mol. The lowest BCUT2D eigenvalue weighted by molar-refractivity contribution is -0.130. The zero-order chi connectivity index (χ0) is 12.7. The zero-order valence-electron chi connectivity index (χ0n) is 10.7. The highest BCUT2D eigenvalue weighted by molar-refractivity contribution is 5.76. The fourth-order valence-corrected chi connectivity index (χ4v) is 1.59. The van der Waals surface area contributed by atoms with Crippen LogP contribution in [0.5, 0.6) is 0 Å². The molecule has 0 unspecified atom stereocenters. The molecule has 1 rings (SSSR count). The van der Waals surface area contributed by atoms with Gasteiger partial charge in [0, 0.05) is 32.3 Å². The third-order valence-corrected chi connectivity index (χ3v) is 2.54. The molecule has 1 N–H and O–H groups in total. The summed E-state index contributed by atoms with van der Waals surface area (Å²) in [5, 5.41) is 3.12. The molecule has 1 heterocycles. The number of aromatic nitrogens is 2. The molecule has 0 atom stereocenters. The van der Waals surface area contributed by atoms with Crippen LogP contribution < -0.4 is 5.32 Å². The van der Waals surface area contributed by atoms with Crippen LogP contribution in [0.1, 0.15) is 26.1 Å². The number of nitrogens with zero attached hydrogens (tertiary/aromatic N) is 3. The molecule has 0 spiro atoms. The number of carbonyl (C=O) groups is 1. The molecule has 0 fully saturated rings. The number of anilines is 1. The third-order valence-electron chi connectivity index (χ3n) is 2.54. The van der Waals surface area contributed by atoms with Crippen molar-refractivity contribution in [1.29, 1.82) is 0 Å². The van der Waals surface area contributed by atoms with Crippen LogP contribution in [0, 0.1) is 6.92 Å². The molecule has 0 aliphatic heterocycles. The number of hydrogen-bond acceptors (Lipinski definition) is 4. The molecule has 0 aliphatic rings. The van der Waals surface area contributed by atoms with Gasteiger partial charge in [-0.05, 0) is 26.8 Å². The van der Waals surface area contributed by atoms with E-state index < -0.39 is 0 Å². The molecule has 5 heteroatoms. The summed E-state index contributed by atoms with van der Waals surface area (Å²) in [7, 11) is 0. The Morgan fingerprint density at radius 1 is 1.41 bits per heavy atom. The minimum absolute atomic E-state index is 0.174. The number of nitrogens with one attached hydrogen (secondary N) is 1. The lowest BCUT2D eigenvalue weighted by Gasteiger charge is -2.18. The second-order valence-electron chi connectivity index (χ2n) is 3.73. The molecule has 1 amide bonds. The number of hydrogen-bond donors (Lipinski definition) is 1. The zero-order valence-corrected chi connectivity index (χ0v) is 10.7. The average Bonchev–Trinajstić information content (AvgIpc) is 2.30. The van der Waals surface area contributed by atoms with E-state index in [1.54, 1.807) is 12.3 Å². The number of rotatable bonds is 6. The molecule has 94 valence electrons. The highest BCUT2D eigenvalue weighted by Gasteiger charge is 2.08. The van der Waals surface area contributed by atoms with Gasteiger partial charge in [0.05, 0.1) is 0 Å². The van der Waals surface area contributed by atoms with Gasteiger partial charge in [-0.3, -0.25) is 4.79 Å². The maximum Gasteiger partial charge on any atom is 0.224 e. The lowest BCUT2D eigenvalue weighted by Crippen LogP contribution is -2.31. The number of amides is 1. The van der Waals surface area contributed by atoms with E-state index in [1.807, 2.05) is 25.7 Å². The predicted molar refractivity (Wildman–Crippen MR) is 67.8 cm³/mol. The SMILES string of the molecule is CCN(CC)C(=O)CCNc1ccnc(C)n1. The summed E-state index contributed by atoms with van der Waals surface area (Å²) < 4.78 is 0. The normalized spacial score (nSPS) is 10.1. The van der Waals surface area contributed by atoms with Gasteiger partial charge in [-0.2, -0.15) is 0 Å². The van der Waals surface area contributed by atoms with Crippen molar-refractivity contribution in [3.8, 4) is 0 Å². The first-order valence-corrected chi connectivity index (χ1v) is 5.98. The van der Waals surface area contributed by atoms with Crippen LogP contribution in [0.25, 0.3) is 0 Å². The first-order valence-electron chi connectivity index (χ1n) is 5.98. The van der Waals surface area contributed by atoms with Crippen molar-refractivity contribution in [3.63, 3.8) is 0 Å². The van der Waals surface area contributed by atoms with Crippen LogP contribution in [-0.2, 0) is 4.79 Å². The maximum atomic E-state index is 11.7. The fraction of sp³-hybridized carbons (Fsp3) is 0.583. The molecule has 0 aromatic carbocycles. The highest BCUT2D eigenvalue weighted by atomic mass is 16.2. The lowest BCUT2D eigenvalue weighted by atomic mass is 10.3. The monoisotopic (exact) mass is 236 g/mol. The standard InChI is InChI=1S/C12H20N4O/c1-4-16(5-2)12(17)7-9-14-11-6-8-13-10(3)15-11/h6,8H,4-5,7,9H2,1-3H3,(H,13,14,15). The molecule has 0 aliphatic carbocycles. The van der Waals surface area contributed by atoms with Crippen molar-refractivity contribution in [2.45, 2.75) is 27.2 Å². The minimum atomic E-state index is 0.174. The first kappa shape index (κ1) is 13.4. The van der Waals surface area contributed by atoms with Gasteiger partial charge in [0.2, 0.25) is 5.91 Å². The summed E-state index contributed by atoms with van der Waals surface area (Å²) in [6, 6.07) is 1.80. The van der Waals surface area contributed by atoms with E-state index in [4.69, 9.17) is 0 Å². The van der Waals surface area contributed by atoms with Gasteiger partial charge in [0.15, 0.2) is 0 Å². The van der Waals surface area contributed by atoms with Gasteiger partial charge in [-0.1, -0.05) is 0 Å². The molecule has 0 saturated heterocycles. The highest BCUT2D eigenvalue weighted by Crippen LogP contribution is 2.01. The third kappa shape index (κ3) is 4.38. The molecule has 0 bridgehead atoms. The van der Waals surface area contributed by atoms with Gasteiger partial charge in [-0.15, -0.1) is 0 Å². The summed E-state index contributed by atoms with van der Waals surface area (Å²) in [6.45, 7) is 7.95. The van der Waals surface area contributed by atoms with Crippen LogP contribution in [0.3, 0.4) is 0 Å². The van der Waals surface area contributed by atoms with Crippen molar-refractivity contribution < 1.29 is 4.79 Å². The Bertz CT molecular complexity index is 363. The molecule has 1 aromatic heterocycles. The fourth-order valence-electron chi connectivity index (χ4n) is 1.59. The van der Waals surface area contributed by atoms with Gasteiger partial charge in [-0.25, -0.2) is 9.97 Å². The number of aryl methyl sites for hydroxylation is 1. The van der Waals surface area contributed by atoms with Crippen molar-refractivity contribution in [2.75, 3.05) is 25.0 Å². The van der Waals surface area contributed by atoms with Gasteiger partial charge < -0.3 is 10.2 Å². The van der Waals surface area contributed by atoms with Gasteiger partial charge >= 0.3 is 0 Å². The molecule has 1 aromatic rings.